The van der Waals surface area contributed by atoms with Crippen molar-refractivity contribution >= 4 is 11.9 Å². The summed E-state index contributed by atoms with van der Waals surface area (Å²) >= 11 is 0. The first kappa shape index (κ1) is 18.0. The molecule has 3 aromatic rings. The molecule has 4 rings (SSSR count). The number of carbonyl (C=O) groups excluding carboxylic acids is 1. The van der Waals surface area contributed by atoms with Gasteiger partial charge in [0.1, 0.15) is 24.7 Å². The monoisotopic (exact) mass is 371 g/mol. The highest BCUT2D eigenvalue weighted by Crippen LogP contribution is 2.33. The van der Waals surface area contributed by atoms with Crippen LogP contribution in [0.5, 0.6) is 11.5 Å². The first-order chi connectivity index (χ1) is 13.6. The van der Waals surface area contributed by atoms with E-state index in [-0.39, 0.29) is 12.4 Å². The summed E-state index contributed by atoms with van der Waals surface area (Å²) in [4.78, 5) is 16.9. The zero-order chi connectivity index (χ0) is 19.5. The zero-order valence-electron chi connectivity index (χ0n) is 15.9. The van der Waals surface area contributed by atoms with E-state index in [0.717, 1.165) is 28.0 Å². The van der Waals surface area contributed by atoms with Crippen molar-refractivity contribution in [3.63, 3.8) is 0 Å². The van der Waals surface area contributed by atoms with Crippen LogP contribution in [0.3, 0.4) is 0 Å². The number of carbonyl (C=O) groups is 1. The van der Waals surface area contributed by atoms with Crippen molar-refractivity contribution in [1.82, 2.24) is 4.98 Å². The number of ketones is 1. The number of hydrogen-bond donors (Lipinski definition) is 0. The summed E-state index contributed by atoms with van der Waals surface area (Å²) < 4.78 is 11.7. The molecule has 0 aliphatic carbocycles. The van der Waals surface area contributed by atoms with Gasteiger partial charge in [0.2, 0.25) is 0 Å². The molecule has 0 atom stereocenters. The maximum absolute atomic E-state index is 12.9. The Kier molecular flexibility index (Phi) is 4.94. The van der Waals surface area contributed by atoms with Crippen LogP contribution in [0.25, 0.3) is 6.08 Å². The molecule has 0 saturated heterocycles. The van der Waals surface area contributed by atoms with Crippen LogP contribution in [0.4, 0.5) is 0 Å². The second-order valence-corrected chi connectivity index (χ2v) is 6.90. The predicted octanol–water partition coefficient (Wildman–Crippen LogP) is 4.94. The normalized spacial score (nSPS) is 14.5. The minimum atomic E-state index is 0.0421. The average Bonchev–Trinajstić information content (AvgIpc) is 2.72. The molecule has 0 radical (unpaired) electrons. The highest BCUT2D eigenvalue weighted by atomic mass is 16.5. The van der Waals surface area contributed by atoms with E-state index in [2.05, 4.69) is 4.98 Å². The number of aryl methyl sites for hydroxylation is 2. The van der Waals surface area contributed by atoms with Crippen molar-refractivity contribution in [2.75, 3.05) is 6.61 Å². The standard InChI is InChI=1S/C24H21NO3/c1-16-3-4-17(2)24-22(16)23(26)20(15-28-24)13-18-5-7-21(8-6-18)27-14-19-9-11-25-12-10-19/h3-13H,14-15H2,1-2H3/b20-13+. The van der Waals surface area contributed by atoms with E-state index in [4.69, 9.17) is 9.47 Å². The number of aromatic nitrogens is 1. The van der Waals surface area contributed by atoms with Crippen molar-refractivity contribution in [3.05, 3.63) is 94.3 Å². The van der Waals surface area contributed by atoms with Crippen LogP contribution in [0.2, 0.25) is 0 Å². The van der Waals surface area contributed by atoms with E-state index >= 15 is 0 Å². The number of fused-ring (bicyclic) bond motifs is 1. The molecular formula is C24H21NO3. The van der Waals surface area contributed by atoms with Gasteiger partial charge in [-0.3, -0.25) is 9.78 Å². The van der Waals surface area contributed by atoms with Gasteiger partial charge in [-0.2, -0.15) is 0 Å². The van der Waals surface area contributed by atoms with Gasteiger partial charge in [0.05, 0.1) is 5.56 Å². The van der Waals surface area contributed by atoms with Crippen LogP contribution >= 0.6 is 0 Å². The van der Waals surface area contributed by atoms with E-state index in [1.807, 2.05) is 68.5 Å². The third-order valence-electron chi connectivity index (χ3n) is 4.83. The molecule has 2 heterocycles. The quantitative estimate of drug-likeness (QED) is 0.610. The second-order valence-electron chi connectivity index (χ2n) is 6.90. The van der Waals surface area contributed by atoms with Gasteiger partial charge in [-0.25, -0.2) is 0 Å². The van der Waals surface area contributed by atoms with Gasteiger partial charge in [-0.15, -0.1) is 0 Å². The third kappa shape index (κ3) is 3.67. The van der Waals surface area contributed by atoms with Crippen molar-refractivity contribution in [3.8, 4) is 11.5 Å². The Morgan fingerprint density at radius 2 is 1.71 bits per heavy atom. The SMILES string of the molecule is Cc1ccc(C)c2c1OC/C(=C\c1ccc(OCc3ccncc3)cc1)C2=O. The fraction of sp³-hybridized carbons (Fsp3) is 0.167. The lowest BCUT2D eigenvalue weighted by atomic mass is 9.93. The molecular weight excluding hydrogens is 350 g/mol. The molecule has 1 aliphatic rings. The van der Waals surface area contributed by atoms with Gasteiger partial charge < -0.3 is 9.47 Å². The Labute approximate surface area is 164 Å². The van der Waals surface area contributed by atoms with Gasteiger partial charge >= 0.3 is 0 Å². The van der Waals surface area contributed by atoms with Crippen LogP contribution in [0, 0.1) is 13.8 Å². The topological polar surface area (TPSA) is 48.4 Å². The zero-order valence-corrected chi connectivity index (χ0v) is 15.9. The molecule has 0 bridgehead atoms. The Bertz CT molecular complexity index is 1040. The van der Waals surface area contributed by atoms with E-state index in [1.165, 1.54) is 0 Å². The molecule has 0 N–H and O–H groups in total. The number of nitrogens with zero attached hydrogens (tertiary/aromatic N) is 1. The Morgan fingerprint density at radius 1 is 1.00 bits per heavy atom. The summed E-state index contributed by atoms with van der Waals surface area (Å²) in [5.74, 6) is 1.53. The van der Waals surface area contributed by atoms with Crippen molar-refractivity contribution in [2.45, 2.75) is 20.5 Å². The summed E-state index contributed by atoms with van der Waals surface area (Å²) in [6, 6.07) is 15.5. The molecule has 28 heavy (non-hydrogen) atoms. The van der Waals surface area contributed by atoms with Crippen LogP contribution in [0.1, 0.15) is 32.6 Å². The molecule has 1 aliphatic heterocycles. The van der Waals surface area contributed by atoms with E-state index in [1.54, 1.807) is 12.4 Å². The molecule has 4 heteroatoms. The summed E-state index contributed by atoms with van der Waals surface area (Å²) in [6.07, 6.45) is 5.39. The minimum absolute atomic E-state index is 0.0421. The molecule has 0 fully saturated rings. The molecule has 0 saturated carbocycles. The van der Waals surface area contributed by atoms with Gasteiger partial charge in [0, 0.05) is 18.0 Å². The van der Waals surface area contributed by atoms with Gasteiger partial charge in [0.25, 0.3) is 0 Å². The molecule has 140 valence electrons. The minimum Gasteiger partial charge on any atom is -0.489 e. The lowest BCUT2D eigenvalue weighted by Gasteiger charge is -2.22. The fourth-order valence-corrected chi connectivity index (χ4v) is 3.24. The van der Waals surface area contributed by atoms with E-state index in [0.29, 0.717) is 23.5 Å². The Hall–Kier alpha value is -3.40. The summed E-state index contributed by atoms with van der Waals surface area (Å²) in [5.41, 5.74) is 5.27. The first-order valence-corrected chi connectivity index (χ1v) is 9.22. The lowest BCUT2D eigenvalue weighted by molar-refractivity contribution is 0.0999. The lowest BCUT2D eigenvalue weighted by Crippen LogP contribution is -2.21. The molecule has 0 amide bonds. The molecule has 4 nitrogen and oxygen atoms in total. The van der Waals surface area contributed by atoms with Gasteiger partial charge in [-0.05, 0) is 66.4 Å². The van der Waals surface area contributed by atoms with Crippen molar-refractivity contribution in [1.29, 1.82) is 0 Å². The molecule has 2 aromatic carbocycles. The molecule has 0 unspecified atom stereocenters. The highest BCUT2D eigenvalue weighted by molar-refractivity contribution is 6.15. The summed E-state index contributed by atoms with van der Waals surface area (Å²) in [5, 5.41) is 0. The fourth-order valence-electron chi connectivity index (χ4n) is 3.24. The van der Waals surface area contributed by atoms with E-state index < -0.39 is 0 Å². The van der Waals surface area contributed by atoms with E-state index in [9.17, 15) is 4.79 Å². The van der Waals surface area contributed by atoms with Crippen molar-refractivity contribution < 1.29 is 14.3 Å². The van der Waals surface area contributed by atoms with Crippen LogP contribution in [-0.4, -0.2) is 17.4 Å². The smallest absolute Gasteiger partial charge is 0.196 e. The van der Waals surface area contributed by atoms with Crippen LogP contribution in [-0.2, 0) is 6.61 Å². The molecule has 0 spiro atoms. The van der Waals surface area contributed by atoms with Crippen LogP contribution in [0.15, 0.2) is 66.5 Å². The maximum atomic E-state index is 12.9. The Balaban J connectivity index is 1.50. The number of hydrogen-bond acceptors (Lipinski definition) is 4. The van der Waals surface area contributed by atoms with Crippen LogP contribution < -0.4 is 9.47 Å². The van der Waals surface area contributed by atoms with Gasteiger partial charge in [-0.1, -0.05) is 24.3 Å². The largest absolute Gasteiger partial charge is 0.489 e. The number of ether oxygens (including phenoxy) is 2. The predicted molar refractivity (Wildman–Crippen MR) is 109 cm³/mol. The maximum Gasteiger partial charge on any atom is 0.196 e. The summed E-state index contributed by atoms with van der Waals surface area (Å²) in [7, 11) is 0. The Morgan fingerprint density at radius 3 is 2.46 bits per heavy atom. The first-order valence-electron chi connectivity index (χ1n) is 9.22. The number of rotatable bonds is 4. The average molecular weight is 371 g/mol. The number of benzene rings is 2. The molecule has 1 aromatic heterocycles. The summed E-state index contributed by atoms with van der Waals surface area (Å²) in [6.45, 7) is 4.68. The highest BCUT2D eigenvalue weighted by Gasteiger charge is 2.26. The van der Waals surface area contributed by atoms with Gasteiger partial charge in [0.15, 0.2) is 5.78 Å². The van der Waals surface area contributed by atoms with Crippen molar-refractivity contribution in [2.24, 2.45) is 0 Å². The number of Topliss-reactive ketones (excluding diaryl/α,β-unsaturated/α-hetero) is 1. The number of pyridine rings is 1. The third-order valence-corrected chi connectivity index (χ3v) is 4.83. The second kappa shape index (κ2) is 7.69.